The van der Waals surface area contributed by atoms with E-state index in [0.29, 0.717) is 18.8 Å². The van der Waals surface area contributed by atoms with Gasteiger partial charge in [-0.15, -0.1) is 0 Å². The molecule has 0 fully saturated rings. The van der Waals surface area contributed by atoms with Crippen LogP contribution in [0.15, 0.2) is 42.5 Å². The van der Waals surface area contributed by atoms with Crippen molar-refractivity contribution in [1.82, 2.24) is 5.32 Å². The van der Waals surface area contributed by atoms with Crippen molar-refractivity contribution in [1.29, 1.82) is 0 Å². The Morgan fingerprint density at radius 2 is 1.93 bits per heavy atom. The number of halogens is 2. The fourth-order valence-corrected chi connectivity index (χ4v) is 3.25. The molecule has 3 rings (SSSR count). The summed E-state index contributed by atoms with van der Waals surface area (Å²) in [7, 11) is 0. The Hall–Kier alpha value is -2.63. The predicted octanol–water partition coefficient (Wildman–Crippen LogP) is 4.80. The number of alkyl carbamates (subject to hydrolysis) is 1. The first-order valence-corrected chi connectivity index (χ1v) is 9.00. The number of carbonyl (C=O) groups excluding carboxylic acids is 1. The van der Waals surface area contributed by atoms with Crippen LogP contribution in [0.25, 0.3) is 0 Å². The summed E-state index contributed by atoms with van der Waals surface area (Å²) in [5.74, 6) is -1.63. The van der Waals surface area contributed by atoms with Gasteiger partial charge in [0.2, 0.25) is 0 Å². The Morgan fingerprint density at radius 1 is 1.19 bits per heavy atom. The molecule has 0 bridgehead atoms. The number of anilines is 2. The number of hydrogen-bond acceptors (Lipinski definition) is 3. The van der Waals surface area contributed by atoms with Crippen molar-refractivity contribution in [3.8, 4) is 0 Å². The zero-order valence-electron chi connectivity index (χ0n) is 15.8. The first-order valence-electron chi connectivity index (χ1n) is 9.00. The molecule has 144 valence electrons. The normalized spacial score (nSPS) is 16.6. The summed E-state index contributed by atoms with van der Waals surface area (Å²) >= 11 is 0. The minimum absolute atomic E-state index is 0.112. The number of ether oxygens (including phenoxy) is 1. The SMILES string of the molecule is CC(C)(C)OC(=O)NCC1Cc2ccccc2N(c2ccc(F)c(F)c2)C1. The quantitative estimate of drug-likeness (QED) is 0.839. The summed E-state index contributed by atoms with van der Waals surface area (Å²) in [4.78, 5) is 13.9. The van der Waals surface area contributed by atoms with Crippen LogP contribution < -0.4 is 10.2 Å². The smallest absolute Gasteiger partial charge is 0.407 e. The summed E-state index contributed by atoms with van der Waals surface area (Å²) in [6, 6.07) is 11.8. The van der Waals surface area contributed by atoms with Gasteiger partial charge in [-0.1, -0.05) is 18.2 Å². The van der Waals surface area contributed by atoms with E-state index in [1.54, 1.807) is 6.07 Å². The maximum Gasteiger partial charge on any atom is 0.407 e. The summed E-state index contributed by atoms with van der Waals surface area (Å²) in [5.41, 5.74) is 2.10. The van der Waals surface area contributed by atoms with Crippen molar-refractivity contribution in [2.45, 2.75) is 32.8 Å². The van der Waals surface area contributed by atoms with Crippen LogP contribution in [-0.2, 0) is 11.2 Å². The van der Waals surface area contributed by atoms with Gasteiger partial charge >= 0.3 is 6.09 Å². The van der Waals surface area contributed by atoms with Gasteiger partial charge in [0.05, 0.1) is 0 Å². The van der Waals surface area contributed by atoms with Gasteiger partial charge in [-0.3, -0.25) is 0 Å². The number of fused-ring (bicyclic) bond motifs is 1. The van der Waals surface area contributed by atoms with Gasteiger partial charge in [0.25, 0.3) is 0 Å². The molecule has 0 aliphatic carbocycles. The number of carbonyl (C=O) groups is 1. The maximum atomic E-state index is 13.7. The van der Waals surface area contributed by atoms with Gasteiger partial charge in [-0.2, -0.15) is 0 Å². The fourth-order valence-electron chi connectivity index (χ4n) is 3.25. The molecule has 1 aliphatic heterocycles. The highest BCUT2D eigenvalue weighted by Crippen LogP contribution is 2.35. The monoisotopic (exact) mass is 374 g/mol. The number of amides is 1. The third-order valence-electron chi connectivity index (χ3n) is 4.38. The largest absolute Gasteiger partial charge is 0.444 e. The van der Waals surface area contributed by atoms with Crippen molar-refractivity contribution in [3.63, 3.8) is 0 Å². The second-order valence-corrected chi connectivity index (χ2v) is 7.79. The molecule has 0 radical (unpaired) electrons. The summed E-state index contributed by atoms with van der Waals surface area (Å²) in [6.07, 6.45) is 0.326. The maximum absolute atomic E-state index is 13.7. The van der Waals surface area contributed by atoms with E-state index in [4.69, 9.17) is 4.74 Å². The lowest BCUT2D eigenvalue weighted by atomic mass is 9.92. The number of benzene rings is 2. The molecule has 4 nitrogen and oxygen atoms in total. The first-order chi connectivity index (χ1) is 12.7. The van der Waals surface area contributed by atoms with E-state index < -0.39 is 23.3 Å². The third kappa shape index (κ3) is 4.76. The molecule has 2 aromatic rings. The summed E-state index contributed by atoms with van der Waals surface area (Å²) < 4.78 is 32.4. The average Bonchev–Trinajstić information content (AvgIpc) is 2.60. The van der Waals surface area contributed by atoms with Gasteiger partial charge < -0.3 is 15.0 Å². The van der Waals surface area contributed by atoms with Gasteiger partial charge in [0.15, 0.2) is 11.6 Å². The van der Waals surface area contributed by atoms with Crippen LogP contribution in [0.1, 0.15) is 26.3 Å². The molecular formula is C21H24F2N2O2. The van der Waals surface area contributed by atoms with Crippen LogP contribution in [0, 0.1) is 17.6 Å². The molecule has 0 saturated heterocycles. The standard InChI is InChI=1S/C21H24F2N2O2/c1-21(2,3)27-20(26)24-12-14-10-15-6-4-5-7-19(15)25(13-14)16-8-9-17(22)18(23)11-16/h4-9,11,14H,10,12-13H2,1-3H3,(H,24,26). The lowest BCUT2D eigenvalue weighted by Gasteiger charge is -2.36. The van der Waals surface area contributed by atoms with Gasteiger partial charge in [0.1, 0.15) is 5.60 Å². The highest BCUT2D eigenvalue weighted by atomic mass is 19.2. The Labute approximate surface area is 158 Å². The predicted molar refractivity (Wildman–Crippen MR) is 101 cm³/mol. The molecule has 1 N–H and O–H groups in total. The Balaban J connectivity index is 1.78. The highest BCUT2D eigenvalue weighted by Gasteiger charge is 2.27. The van der Waals surface area contributed by atoms with Gasteiger partial charge in [-0.25, -0.2) is 13.6 Å². The molecule has 1 aliphatic rings. The van der Waals surface area contributed by atoms with Crippen LogP contribution in [0.4, 0.5) is 25.0 Å². The Bertz CT molecular complexity index is 833. The molecule has 1 amide bonds. The van der Waals surface area contributed by atoms with E-state index in [1.165, 1.54) is 6.07 Å². The third-order valence-corrected chi connectivity index (χ3v) is 4.38. The number of nitrogens with one attached hydrogen (secondary N) is 1. The highest BCUT2D eigenvalue weighted by molar-refractivity contribution is 5.69. The second-order valence-electron chi connectivity index (χ2n) is 7.79. The molecule has 1 heterocycles. The molecule has 1 atom stereocenters. The van der Waals surface area contributed by atoms with Crippen molar-refractivity contribution >= 4 is 17.5 Å². The van der Waals surface area contributed by atoms with Crippen molar-refractivity contribution in [3.05, 3.63) is 59.7 Å². The summed E-state index contributed by atoms with van der Waals surface area (Å²) in [6.45, 7) is 6.46. The zero-order valence-corrected chi connectivity index (χ0v) is 15.8. The van der Waals surface area contributed by atoms with E-state index in [0.717, 1.165) is 23.7 Å². The van der Waals surface area contributed by atoms with Gasteiger partial charge in [-0.05, 0) is 56.9 Å². The number of rotatable bonds is 3. The van der Waals surface area contributed by atoms with E-state index in [-0.39, 0.29) is 5.92 Å². The van der Waals surface area contributed by atoms with E-state index >= 15 is 0 Å². The van der Waals surface area contributed by atoms with Crippen LogP contribution in [0.2, 0.25) is 0 Å². The minimum atomic E-state index is -0.876. The van der Waals surface area contributed by atoms with E-state index in [2.05, 4.69) is 5.32 Å². The van der Waals surface area contributed by atoms with Crippen molar-refractivity contribution in [2.75, 3.05) is 18.0 Å². The summed E-state index contributed by atoms with van der Waals surface area (Å²) in [5, 5.41) is 2.81. The zero-order chi connectivity index (χ0) is 19.6. The number of nitrogens with zero attached hydrogens (tertiary/aromatic N) is 1. The molecular weight excluding hydrogens is 350 g/mol. The molecule has 27 heavy (non-hydrogen) atoms. The molecule has 0 saturated carbocycles. The molecule has 2 aromatic carbocycles. The van der Waals surface area contributed by atoms with Crippen molar-refractivity contribution < 1.29 is 18.3 Å². The Kier molecular flexibility index (Phi) is 5.35. The van der Waals surface area contributed by atoms with Crippen LogP contribution >= 0.6 is 0 Å². The Morgan fingerprint density at radius 3 is 2.63 bits per heavy atom. The van der Waals surface area contributed by atoms with Crippen molar-refractivity contribution in [2.24, 2.45) is 5.92 Å². The average molecular weight is 374 g/mol. The lowest BCUT2D eigenvalue weighted by molar-refractivity contribution is 0.0519. The van der Waals surface area contributed by atoms with E-state index in [1.807, 2.05) is 49.9 Å². The first kappa shape index (κ1) is 19.1. The number of hydrogen-bond donors (Lipinski definition) is 1. The number of para-hydroxylation sites is 1. The van der Waals surface area contributed by atoms with Gasteiger partial charge in [0, 0.05) is 30.5 Å². The van der Waals surface area contributed by atoms with E-state index in [9.17, 15) is 13.6 Å². The lowest BCUT2D eigenvalue weighted by Crippen LogP contribution is -2.41. The molecule has 0 spiro atoms. The van der Waals surface area contributed by atoms with Crippen LogP contribution in [0.5, 0.6) is 0 Å². The fraction of sp³-hybridized carbons (Fsp3) is 0.381. The van der Waals surface area contributed by atoms with Crippen LogP contribution in [-0.4, -0.2) is 24.8 Å². The van der Waals surface area contributed by atoms with Crippen LogP contribution in [0.3, 0.4) is 0 Å². The molecule has 6 heteroatoms. The molecule has 0 aromatic heterocycles. The second kappa shape index (κ2) is 7.55. The molecule has 1 unspecified atom stereocenters. The minimum Gasteiger partial charge on any atom is -0.444 e. The topological polar surface area (TPSA) is 41.6 Å².